The molecule has 0 aromatic heterocycles. The highest BCUT2D eigenvalue weighted by Crippen LogP contribution is 2.13. The van der Waals surface area contributed by atoms with E-state index in [4.69, 9.17) is 9.84 Å². The first-order valence-corrected chi connectivity index (χ1v) is 7.87. The quantitative estimate of drug-likeness (QED) is 0.842. The number of amides is 1. The van der Waals surface area contributed by atoms with Crippen molar-refractivity contribution in [1.82, 2.24) is 5.32 Å². The predicted molar refractivity (Wildman–Crippen MR) is 89.5 cm³/mol. The molecule has 1 amide bonds. The molecular formula is C18H27NO4. The largest absolute Gasteiger partial charge is 0.481 e. The zero-order chi connectivity index (χ0) is 17.6. The third-order valence-corrected chi connectivity index (χ3v) is 3.26. The van der Waals surface area contributed by atoms with E-state index in [0.29, 0.717) is 12.8 Å². The van der Waals surface area contributed by atoms with Gasteiger partial charge in [-0.2, -0.15) is 0 Å². The molecule has 1 aromatic carbocycles. The van der Waals surface area contributed by atoms with Crippen molar-refractivity contribution in [3.63, 3.8) is 0 Å². The second-order valence-corrected chi connectivity index (χ2v) is 7.01. The Balaban J connectivity index is 2.60. The van der Waals surface area contributed by atoms with Crippen LogP contribution >= 0.6 is 0 Å². The van der Waals surface area contributed by atoms with E-state index in [1.165, 1.54) is 0 Å². The van der Waals surface area contributed by atoms with E-state index < -0.39 is 23.6 Å². The molecule has 5 heteroatoms. The minimum absolute atomic E-state index is 0.0722. The zero-order valence-corrected chi connectivity index (χ0v) is 14.6. The number of carbonyl (C=O) groups is 2. The SMILES string of the molecule is C[C@@H](Cc1cccc(C[C@H](C)C(=O)O)c1)NC(=O)OC(C)(C)C. The molecular weight excluding hydrogens is 294 g/mol. The minimum Gasteiger partial charge on any atom is -0.481 e. The van der Waals surface area contributed by atoms with Gasteiger partial charge in [0.1, 0.15) is 5.60 Å². The molecule has 2 atom stereocenters. The molecule has 0 spiro atoms. The van der Waals surface area contributed by atoms with Crippen LogP contribution in [-0.2, 0) is 22.4 Å². The minimum atomic E-state index is -0.796. The summed E-state index contributed by atoms with van der Waals surface area (Å²) in [6.45, 7) is 9.08. The van der Waals surface area contributed by atoms with Gasteiger partial charge in [-0.1, -0.05) is 31.2 Å². The monoisotopic (exact) mass is 321 g/mol. The number of alkyl carbamates (subject to hydrolysis) is 1. The van der Waals surface area contributed by atoms with Crippen molar-refractivity contribution in [2.24, 2.45) is 5.92 Å². The van der Waals surface area contributed by atoms with Gasteiger partial charge in [0.15, 0.2) is 0 Å². The molecule has 2 N–H and O–H groups in total. The molecule has 0 saturated heterocycles. The first-order valence-electron chi connectivity index (χ1n) is 7.87. The molecule has 5 nitrogen and oxygen atoms in total. The van der Waals surface area contributed by atoms with Crippen molar-refractivity contribution in [3.8, 4) is 0 Å². The fourth-order valence-electron chi connectivity index (χ4n) is 2.24. The third-order valence-electron chi connectivity index (χ3n) is 3.26. The van der Waals surface area contributed by atoms with Gasteiger partial charge in [0.2, 0.25) is 0 Å². The van der Waals surface area contributed by atoms with Gasteiger partial charge in [-0.15, -0.1) is 0 Å². The smallest absolute Gasteiger partial charge is 0.407 e. The van der Waals surface area contributed by atoms with E-state index in [0.717, 1.165) is 11.1 Å². The summed E-state index contributed by atoms with van der Waals surface area (Å²) in [5.41, 5.74) is 1.53. The van der Waals surface area contributed by atoms with Crippen LogP contribution in [0.15, 0.2) is 24.3 Å². The Labute approximate surface area is 138 Å². The topological polar surface area (TPSA) is 75.6 Å². The summed E-state index contributed by atoms with van der Waals surface area (Å²) in [5, 5.41) is 11.8. The van der Waals surface area contributed by atoms with Gasteiger partial charge in [0.05, 0.1) is 5.92 Å². The molecule has 0 radical (unpaired) electrons. The normalized spacial score (nSPS) is 14.0. The molecule has 0 heterocycles. The second-order valence-electron chi connectivity index (χ2n) is 7.01. The predicted octanol–water partition coefficient (Wildman–Crippen LogP) is 3.41. The highest BCUT2D eigenvalue weighted by atomic mass is 16.6. The first-order chi connectivity index (χ1) is 10.6. The summed E-state index contributed by atoms with van der Waals surface area (Å²) in [6.07, 6.45) is 0.728. The van der Waals surface area contributed by atoms with Crippen LogP contribution in [0.4, 0.5) is 4.79 Å². The van der Waals surface area contributed by atoms with E-state index in [1.807, 2.05) is 52.0 Å². The molecule has 128 valence electrons. The third kappa shape index (κ3) is 7.68. The first kappa shape index (κ1) is 19.0. The molecule has 0 aliphatic carbocycles. The summed E-state index contributed by atoms with van der Waals surface area (Å²) in [4.78, 5) is 22.7. The Kier molecular flexibility index (Phi) is 6.61. The van der Waals surface area contributed by atoms with Crippen molar-refractivity contribution in [2.75, 3.05) is 0 Å². The number of carboxylic acids is 1. The standard InChI is InChI=1S/C18H27NO4/c1-12(16(20)21)9-14-7-6-8-15(11-14)10-13(2)19-17(22)23-18(3,4)5/h6-8,11-13H,9-10H2,1-5H3,(H,19,22)(H,20,21)/t12-,13-/m0/s1. The van der Waals surface area contributed by atoms with E-state index in [1.54, 1.807) is 6.92 Å². The van der Waals surface area contributed by atoms with Crippen molar-refractivity contribution in [2.45, 2.75) is 59.1 Å². The molecule has 1 aromatic rings. The number of nitrogens with one attached hydrogen (secondary N) is 1. The van der Waals surface area contributed by atoms with Crippen molar-refractivity contribution in [3.05, 3.63) is 35.4 Å². The van der Waals surface area contributed by atoms with Crippen molar-refractivity contribution >= 4 is 12.1 Å². The molecule has 0 saturated carbocycles. The van der Waals surface area contributed by atoms with Crippen molar-refractivity contribution < 1.29 is 19.4 Å². The van der Waals surface area contributed by atoms with Gasteiger partial charge in [-0.05, 0) is 51.7 Å². The lowest BCUT2D eigenvalue weighted by Gasteiger charge is -2.22. The summed E-state index contributed by atoms with van der Waals surface area (Å²) in [6, 6.07) is 7.74. The molecule has 1 rings (SSSR count). The highest BCUT2D eigenvalue weighted by Gasteiger charge is 2.18. The maximum Gasteiger partial charge on any atom is 0.407 e. The lowest BCUT2D eigenvalue weighted by molar-refractivity contribution is -0.141. The van der Waals surface area contributed by atoms with Gasteiger partial charge in [-0.3, -0.25) is 4.79 Å². The molecule has 0 aliphatic rings. The van der Waals surface area contributed by atoms with Crippen LogP contribution in [0.5, 0.6) is 0 Å². The average Bonchev–Trinajstić information content (AvgIpc) is 2.35. The number of ether oxygens (including phenoxy) is 1. The molecule has 0 bridgehead atoms. The van der Waals surface area contributed by atoms with Crippen molar-refractivity contribution in [1.29, 1.82) is 0 Å². The second kappa shape index (κ2) is 7.99. The number of carboxylic acid groups (broad SMARTS) is 1. The van der Waals surface area contributed by atoms with E-state index in [2.05, 4.69) is 5.32 Å². The Hall–Kier alpha value is -2.04. The molecule has 23 heavy (non-hydrogen) atoms. The van der Waals surface area contributed by atoms with Gasteiger partial charge >= 0.3 is 12.1 Å². The zero-order valence-electron chi connectivity index (χ0n) is 14.6. The number of benzene rings is 1. The van der Waals surface area contributed by atoms with Gasteiger partial charge in [0, 0.05) is 6.04 Å². The lowest BCUT2D eigenvalue weighted by atomic mass is 9.98. The molecule has 0 fully saturated rings. The van der Waals surface area contributed by atoms with Crippen LogP contribution in [0.1, 0.15) is 45.7 Å². The average molecular weight is 321 g/mol. The van der Waals surface area contributed by atoms with Crippen LogP contribution in [0.2, 0.25) is 0 Å². The summed E-state index contributed by atoms with van der Waals surface area (Å²) >= 11 is 0. The number of hydrogen-bond acceptors (Lipinski definition) is 3. The maximum atomic E-state index is 11.7. The Morgan fingerprint density at radius 3 is 2.26 bits per heavy atom. The van der Waals surface area contributed by atoms with E-state index in [-0.39, 0.29) is 6.04 Å². The number of aliphatic carboxylic acids is 1. The van der Waals surface area contributed by atoms with Gasteiger partial charge in [-0.25, -0.2) is 4.79 Å². The van der Waals surface area contributed by atoms with Crippen LogP contribution in [0.3, 0.4) is 0 Å². The fourth-order valence-corrected chi connectivity index (χ4v) is 2.24. The van der Waals surface area contributed by atoms with Gasteiger partial charge in [0.25, 0.3) is 0 Å². The fraction of sp³-hybridized carbons (Fsp3) is 0.556. The molecule has 0 unspecified atom stereocenters. The summed E-state index contributed by atoms with van der Waals surface area (Å²) in [5.74, 6) is -1.21. The number of carbonyl (C=O) groups excluding carboxylic acids is 1. The Morgan fingerprint density at radius 1 is 1.17 bits per heavy atom. The van der Waals surface area contributed by atoms with E-state index >= 15 is 0 Å². The summed E-state index contributed by atoms with van der Waals surface area (Å²) in [7, 11) is 0. The molecule has 0 aliphatic heterocycles. The number of rotatable bonds is 6. The van der Waals surface area contributed by atoms with Crippen LogP contribution in [-0.4, -0.2) is 28.8 Å². The van der Waals surface area contributed by atoms with Crippen LogP contribution in [0.25, 0.3) is 0 Å². The Bertz CT molecular complexity index is 548. The van der Waals surface area contributed by atoms with Crippen LogP contribution < -0.4 is 5.32 Å². The van der Waals surface area contributed by atoms with Crippen LogP contribution in [0, 0.1) is 5.92 Å². The summed E-state index contributed by atoms with van der Waals surface area (Å²) < 4.78 is 5.23. The highest BCUT2D eigenvalue weighted by molar-refractivity contribution is 5.70. The van der Waals surface area contributed by atoms with Gasteiger partial charge < -0.3 is 15.2 Å². The number of hydrogen-bond donors (Lipinski definition) is 2. The Morgan fingerprint density at radius 2 is 1.74 bits per heavy atom. The van der Waals surface area contributed by atoms with E-state index in [9.17, 15) is 9.59 Å². The lowest BCUT2D eigenvalue weighted by Crippen LogP contribution is -2.38. The maximum absolute atomic E-state index is 11.7.